The Balaban J connectivity index is 1.96. The van der Waals surface area contributed by atoms with Gasteiger partial charge in [-0.25, -0.2) is 0 Å². The van der Waals surface area contributed by atoms with Crippen molar-refractivity contribution in [3.8, 4) is 0 Å². The first kappa shape index (κ1) is 17.0. The number of nitrogens with one attached hydrogen (secondary N) is 1. The van der Waals surface area contributed by atoms with Crippen molar-refractivity contribution in [2.75, 3.05) is 6.54 Å². The molecular weight excluding hydrogens is 316 g/mol. The van der Waals surface area contributed by atoms with Gasteiger partial charge < -0.3 is 14.3 Å². The summed E-state index contributed by atoms with van der Waals surface area (Å²) < 4.78 is 5.91. The Morgan fingerprint density at radius 3 is 2.68 bits per heavy atom. The molecule has 0 spiro atoms. The number of aromatic amines is 1. The average molecular weight is 338 g/mol. The molecule has 0 aliphatic heterocycles. The molecule has 0 aliphatic carbocycles. The van der Waals surface area contributed by atoms with E-state index in [2.05, 4.69) is 4.98 Å². The van der Waals surface area contributed by atoms with Crippen molar-refractivity contribution in [3.05, 3.63) is 69.8 Å². The third kappa shape index (κ3) is 3.36. The van der Waals surface area contributed by atoms with E-state index in [4.69, 9.17) is 4.42 Å². The molecule has 5 nitrogen and oxygen atoms in total. The zero-order valence-electron chi connectivity index (χ0n) is 14.7. The molecule has 3 rings (SSSR count). The van der Waals surface area contributed by atoms with Gasteiger partial charge >= 0.3 is 0 Å². The molecule has 0 saturated carbocycles. The second-order valence-corrected chi connectivity index (χ2v) is 6.25. The number of aromatic nitrogens is 1. The van der Waals surface area contributed by atoms with Crippen LogP contribution in [0.5, 0.6) is 0 Å². The number of carbonyl (C=O) groups is 1. The van der Waals surface area contributed by atoms with Crippen LogP contribution in [0.1, 0.15) is 48.1 Å². The van der Waals surface area contributed by atoms with E-state index in [9.17, 15) is 9.59 Å². The van der Waals surface area contributed by atoms with E-state index < -0.39 is 0 Å². The van der Waals surface area contributed by atoms with Crippen LogP contribution in [0.4, 0.5) is 0 Å². The maximum Gasteiger partial charge on any atom is 0.260 e. The fourth-order valence-electron chi connectivity index (χ4n) is 2.97. The highest BCUT2D eigenvalue weighted by Crippen LogP contribution is 2.28. The first-order chi connectivity index (χ1) is 12.0. The van der Waals surface area contributed by atoms with Gasteiger partial charge in [-0.2, -0.15) is 0 Å². The van der Waals surface area contributed by atoms with Crippen molar-refractivity contribution in [3.63, 3.8) is 0 Å². The van der Waals surface area contributed by atoms with E-state index in [-0.39, 0.29) is 23.1 Å². The number of hydrogen-bond donors (Lipinski definition) is 1. The molecule has 0 radical (unpaired) electrons. The largest absolute Gasteiger partial charge is 0.459 e. The van der Waals surface area contributed by atoms with Crippen LogP contribution in [-0.4, -0.2) is 22.3 Å². The van der Waals surface area contributed by atoms with Crippen molar-refractivity contribution in [1.29, 1.82) is 0 Å². The summed E-state index contributed by atoms with van der Waals surface area (Å²) in [5.74, 6) is 0.433. The third-order valence-electron chi connectivity index (χ3n) is 4.33. The zero-order valence-corrected chi connectivity index (χ0v) is 14.7. The Morgan fingerprint density at radius 2 is 2.00 bits per heavy atom. The van der Waals surface area contributed by atoms with Gasteiger partial charge in [0, 0.05) is 17.6 Å². The number of furan rings is 1. The van der Waals surface area contributed by atoms with Gasteiger partial charge in [-0.15, -0.1) is 0 Å². The van der Waals surface area contributed by atoms with Crippen molar-refractivity contribution < 1.29 is 9.21 Å². The predicted octanol–water partition coefficient (Wildman–Crippen LogP) is 4.04. The summed E-state index contributed by atoms with van der Waals surface area (Å²) in [4.78, 5) is 29.5. The molecule has 0 unspecified atom stereocenters. The van der Waals surface area contributed by atoms with Crippen molar-refractivity contribution >= 4 is 16.9 Å². The smallest absolute Gasteiger partial charge is 0.260 e. The maximum absolute atomic E-state index is 13.0. The Kier molecular flexibility index (Phi) is 4.74. The highest BCUT2D eigenvalue weighted by molar-refractivity contribution is 5.94. The number of fused-ring (bicyclic) bond motifs is 1. The van der Waals surface area contributed by atoms with Gasteiger partial charge in [0.1, 0.15) is 16.9 Å². The molecule has 2 heterocycles. The molecule has 25 heavy (non-hydrogen) atoms. The number of para-hydroxylation sites is 1. The second kappa shape index (κ2) is 6.97. The number of H-pyrrole nitrogens is 1. The summed E-state index contributed by atoms with van der Waals surface area (Å²) >= 11 is 0. The minimum atomic E-state index is -0.358. The molecule has 3 aromatic rings. The number of carbonyl (C=O) groups excluding carboxylic acids is 1. The lowest BCUT2D eigenvalue weighted by Gasteiger charge is -2.27. The van der Waals surface area contributed by atoms with Gasteiger partial charge in [0.25, 0.3) is 11.5 Å². The number of hydrogen-bond acceptors (Lipinski definition) is 3. The van der Waals surface area contributed by atoms with E-state index in [1.165, 1.54) is 0 Å². The fraction of sp³-hybridized carbons (Fsp3) is 0.300. The minimum absolute atomic E-state index is 0.155. The molecular formula is C20H22N2O3. The molecule has 0 aliphatic rings. The van der Waals surface area contributed by atoms with Crippen LogP contribution in [0.15, 0.2) is 51.7 Å². The molecule has 1 atom stereocenters. The topological polar surface area (TPSA) is 66.3 Å². The Hall–Kier alpha value is -2.82. The van der Waals surface area contributed by atoms with Crippen LogP contribution in [0.25, 0.3) is 11.0 Å². The monoisotopic (exact) mass is 338 g/mol. The predicted molar refractivity (Wildman–Crippen MR) is 97.8 cm³/mol. The Labute approximate surface area is 146 Å². The lowest BCUT2D eigenvalue weighted by Crippen LogP contribution is -2.37. The molecule has 5 heteroatoms. The van der Waals surface area contributed by atoms with E-state index in [0.29, 0.717) is 12.3 Å². The zero-order chi connectivity index (χ0) is 18.0. The van der Waals surface area contributed by atoms with E-state index in [1.54, 1.807) is 24.0 Å². The summed E-state index contributed by atoms with van der Waals surface area (Å²) in [6.45, 7) is 6.26. The normalized spacial score (nSPS) is 12.3. The number of benzene rings is 1. The summed E-state index contributed by atoms with van der Waals surface area (Å²) in [6, 6.07) is 12.8. The molecule has 1 amide bonds. The SMILES string of the molecule is CCCN(C(=O)c1ccc(C)[nH]c1=O)[C@@H](C)c1cc2ccccc2o1. The highest BCUT2D eigenvalue weighted by atomic mass is 16.3. The highest BCUT2D eigenvalue weighted by Gasteiger charge is 2.26. The quantitative estimate of drug-likeness (QED) is 0.763. The summed E-state index contributed by atoms with van der Waals surface area (Å²) in [7, 11) is 0. The standard InChI is InChI=1S/C20H22N2O3/c1-4-11-22(20(24)16-10-9-13(2)21-19(16)23)14(3)18-12-15-7-5-6-8-17(15)25-18/h5-10,12,14H,4,11H2,1-3H3,(H,21,23)/t14-/m0/s1. The summed E-state index contributed by atoms with van der Waals surface area (Å²) in [6.07, 6.45) is 0.792. The molecule has 1 N–H and O–H groups in total. The Bertz CT molecular complexity index is 922. The lowest BCUT2D eigenvalue weighted by atomic mass is 10.1. The van der Waals surface area contributed by atoms with Crippen molar-refractivity contribution in [2.45, 2.75) is 33.2 Å². The summed E-state index contributed by atoms with van der Waals surface area (Å²) in [5.41, 5.74) is 1.32. The molecule has 130 valence electrons. The van der Waals surface area contributed by atoms with E-state index >= 15 is 0 Å². The number of pyridine rings is 1. The minimum Gasteiger partial charge on any atom is -0.459 e. The van der Waals surface area contributed by atoms with Gasteiger partial charge in [0.2, 0.25) is 0 Å². The fourth-order valence-corrected chi connectivity index (χ4v) is 2.97. The molecule has 0 fully saturated rings. The van der Waals surface area contributed by atoms with Crippen molar-refractivity contribution in [2.24, 2.45) is 0 Å². The van der Waals surface area contributed by atoms with Crippen LogP contribution in [-0.2, 0) is 0 Å². The molecule has 1 aromatic carbocycles. The lowest BCUT2D eigenvalue weighted by molar-refractivity contribution is 0.0670. The maximum atomic E-state index is 13.0. The van der Waals surface area contributed by atoms with Crippen LogP contribution < -0.4 is 5.56 Å². The van der Waals surface area contributed by atoms with Crippen LogP contribution in [0.2, 0.25) is 0 Å². The Morgan fingerprint density at radius 1 is 1.24 bits per heavy atom. The van der Waals surface area contributed by atoms with Gasteiger partial charge in [0.05, 0.1) is 6.04 Å². The molecule has 0 saturated heterocycles. The van der Waals surface area contributed by atoms with Crippen molar-refractivity contribution in [1.82, 2.24) is 9.88 Å². The van der Waals surface area contributed by atoms with E-state index in [1.807, 2.05) is 44.2 Å². The third-order valence-corrected chi connectivity index (χ3v) is 4.33. The molecule has 0 bridgehead atoms. The average Bonchev–Trinajstić information content (AvgIpc) is 3.02. The van der Waals surface area contributed by atoms with Crippen LogP contribution in [0, 0.1) is 6.92 Å². The van der Waals surface area contributed by atoms with E-state index in [0.717, 1.165) is 23.1 Å². The van der Waals surface area contributed by atoms with Gasteiger partial charge in [-0.3, -0.25) is 9.59 Å². The number of amides is 1. The van der Waals surface area contributed by atoms with Crippen LogP contribution in [0.3, 0.4) is 0 Å². The summed E-state index contributed by atoms with van der Waals surface area (Å²) in [5, 5.41) is 1.00. The van der Waals surface area contributed by atoms with Gasteiger partial charge in [-0.1, -0.05) is 25.1 Å². The number of rotatable bonds is 5. The van der Waals surface area contributed by atoms with Gasteiger partial charge in [0.15, 0.2) is 0 Å². The van der Waals surface area contributed by atoms with Gasteiger partial charge in [-0.05, 0) is 44.5 Å². The first-order valence-corrected chi connectivity index (χ1v) is 8.50. The first-order valence-electron chi connectivity index (χ1n) is 8.50. The second-order valence-electron chi connectivity index (χ2n) is 6.25. The number of aryl methyl sites for hydroxylation is 1. The molecule has 2 aromatic heterocycles. The number of nitrogens with zero attached hydrogens (tertiary/aromatic N) is 1. The van der Waals surface area contributed by atoms with Crippen LogP contribution >= 0.6 is 0 Å².